The Kier molecular flexibility index (Phi) is 7.64. The second-order valence-corrected chi connectivity index (χ2v) is 9.74. The van der Waals surface area contributed by atoms with E-state index in [2.05, 4.69) is 27.1 Å². The van der Waals surface area contributed by atoms with Crippen LogP contribution in [0.5, 0.6) is 0 Å². The molecule has 0 spiro atoms. The van der Waals surface area contributed by atoms with Gasteiger partial charge in [-0.1, -0.05) is 30.3 Å². The molecule has 0 aromatic heterocycles. The van der Waals surface area contributed by atoms with Crippen LogP contribution in [0.4, 0.5) is 0 Å². The number of hydrogen-bond acceptors (Lipinski definition) is 4. The van der Waals surface area contributed by atoms with Crippen molar-refractivity contribution in [1.29, 1.82) is 0 Å². The first kappa shape index (κ1) is 22.5. The summed E-state index contributed by atoms with van der Waals surface area (Å²) in [4.78, 5) is 14.8. The highest BCUT2D eigenvalue weighted by Gasteiger charge is 2.15. The summed E-state index contributed by atoms with van der Waals surface area (Å²) in [5.74, 6) is -0.182. The van der Waals surface area contributed by atoms with Gasteiger partial charge < -0.3 is 5.32 Å². The fraction of sp³-hybridized carbons (Fsp3) is 0.435. The summed E-state index contributed by atoms with van der Waals surface area (Å²) in [5, 5.41) is 2.85. The van der Waals surface area contributed by atoms with E-state index in [4.69, 9.17) is 0 Å². The van der Waals surface area contributed by atoms with E-state index in [1.165, 1.54) is 31.5 Å². The molecule has 162 valence electrons. The molecule has 0 atom stereocenters. The van der Waals surface area contributed by atoms with Crippen molar-refractivity contribution in [1.82, 2.24) is 14.9 Å². The molecule has 1 aliphatic heterocycles. The molecule has 3 rings (SSSR count). The molecule has 0 unspecified atom stereocenters. The number of carbonyl (C=O) groups is 1. The van der Waals surface area contributed by atoms with Crippen LogP contribution in [0, 0.1) is 13.8 Å². The number of nitrogens with one attached hydrogen (secondary N) is 2. The van der Waals surface area contributed by atoms with Crippen LogP contribution in [0.25, 0.3) is 0 Å². The summed E-state index contributed by atoms with van der Waals surface area (Å²) in [6, 6.07) is 13.3. The molecule has 0 radical (unpaired) electrons. The molecule has 0 saturated carbocycles. The fourth-order valence-electron chi connectivity index (χ4n) is 3.51. The predicted octanol–water partition coefficient (Wildman–Crippen LogP) is 2.88. The normalized spacial score (nSPS) is 14.7. The highest BCUT2D eigenvalue weighted by Crippen LogP contribution is 2.15. The molecule has 1 fully saturated rings. The Balaban J connectivity index is 1.40. The molecule has 1 aliphatic rings. The van der Waals surface area contributed by atoms with Gasteiger partial charge in [-0.25, -0.2) is 13.1 Å². The minimum absolute atomic E-state index is 0.0653. The third-order valence-corrected chi connectivity index (χ3v) is 7.01. The van der Waals surface area contributed by atoms with Crippen molar-refractivity contribution < 1.29 is 13.2 Å². The first-order chi connectivity index (χ1) is 14.3. The van der Waals surface area contributed by atoms with Gasteiger partial charge in [0.1, 0.15) is 0 Å². The molecule has 0 bridgehead atoms. The zero-order chi connectivity index (χ0) is 21.6. The largest absolute Gasteiger partial charge is 0.352 e. The van der Waals surface area contributed by atoms with Crippen molar-refractivity contribution in [2.75, 3.05) is 19.6 Å². The van der Waals surface area contributed by atoms with E-state index in [1.54, 1.807) is 18.2 Å². The Bertz CT molecular complexity index is 966. The van der Waals surface area contributed by atoms with Gasteiger partial charge in [0.2, 0.25) is 15.9 Å². The lowest BCUT2D eigenvalue weighted by atomic mass is 10.1. The zero-order valence-electron chi connectivity index (χ0n) is 17.8. The third kappa shape index (κ3) is 6.39. The maximum Gasteiger partial charge on any atom is 0.240 e. The molecule has 6 nitrogen and oxygen atoms in total. The van der Waals surface area contributed by atoms with Gasteiger partial charge >= 0.3 is 0 Å². The molecule has 2 N–H and O–H groups in total. The lowest BCUT2D eigenvalue weighted by molar-refractivity contribution is -0.121. The Morgan fingerprint density at radius 1 is 0.967 bits per heavy atom. The second kappa shape index (κ2) is 10.2. The van der Waals surface area contributed by atoms with Gasteiger partial charge in [-0.3, -0.25) is 9.69 Å². The van der Waals surface area contributed by atoms with Gasteiger partial charge in [0.15, 0.2) is 0 Å². The van der Waals surface area contributed by atoms with Crippen molar-refractivity contribution in [2.45, 2.75) is 51.1 Å². The molecular weight excluding hydrogens is 398 g/mol. The highest BCUT2D eigenvalue weighted by atomic mass is 32.2. The minimum Gasteiger partial charge on any atom is -0.352 e. The topological polar surface area (TPSA) is 78.5 Å². The number of sulfonamides is 1. The summed E-state index contributed by atoms with van der Waals surface area (Å²) in [5.41, 5.74) is 4.27. The van der Waals surface area contributed by atoms with Crippen molar-refractivity contribution in [3.05, 3.63) is 64.7 Å². The van der Waals surface area contributed by atoms with E-state index in [0.717, 1.165) is 23.2 Å². The summed E-state index contributed by atoms with van der Waals surface area (Å²) in [6.45, 7) is 7.64. The summed E-state index contributed by atoms with van der Waals surface area (Å²) in [6.07, 6.45) is 2.66. The van der Waals surface area contributed by atoms with Crippen molar-refractivity contribution in [2.24, 2.45) is 0 Å². The number of hydrogen-bond donors (Lipinski definition) is 2. The molecule has 1 saturated heterocycles. The number of benzene rings is 2. The number of likely N-dealkylation sites (tertiary alicyclic amines) is 1. The highest BCUT2D eigenvalue weighted by molar-refractivity contribution is 7.89. The van der Waals surface area contributed by atoms with E-state index < -0.39 is 10.0 Å². The molecular formula is C23H31N3O3S. The number of amides is 1. The average molecular weight is 430 g/mol. The van der Waals surface area contributed by atoms with E-state index in [0.29, 0.717) is 6.54 Å². The van der Waals surface area contributed by atoms with E-state index in [9.17, 15) is 13.2 Å². The molecule has 0 aliphatic carbocycles. The quantitative estimate of drug-likeness (QED) is 0.643. The van der Waals surface area contributed by atoms with Crippen LogP contribution in [0.2, 0.25) is 0 Å². The second-order valence-electron chi connectivity index (χ2n) is 7.97. The summed E-state index contributed by atoms with van der Waals surface area (Å²) in [7, 11) is -3.61. The Hall–Kier alpha value is -2.22. The third-order valence-electron chi connectivity index (χ3n) is 5.55. The molecule has 1 heterocycles. The molecule has 30 heavy (non-hydrogen) atoms. The number of nitrogens with zero attached hydrogens (tertiary/aromatic N) is 1. The molecule has 2 aromatic carbocycles. The van der Waals surface area contributed by atoms with Crippen LogP contribution in [0.1, 0.15) is 41.5 Å². The summed E-state index contributed by atoms with van der Waals surface area (Å²) < 4.78 is 27.2. The van der Waals surface area contributed by atoms with Gasteiger partial charge in [-0.15, -0.1) is 0 Å². The van der Waals surface area contributed by atoms with E-state index in [-0.39, 0.29) is 23.8 Å². The SMILES string of the molecule is Cc1ccc(S(=O)(=O)NCCC(=O)NCc2ccc(CN3CCCC3)cc2)cc1C. The molecule has 2 aromatic rings. The van der Waals surface area contributed by atoms with Crippen LogP contribution < -0.4 is 10.0 Å². The summed E-state index contributed by atoms with van der Waals surface area (Å²) >= 11 is 0. The Labute approximate surface area is 179 Å². The molecule has 1 amide bonds. The first-order valence-corrected chi connectivity index (χ1v) is 12.0. The first-order valence-electron chi connectivity index (χ1n) is 10.5. The lowest BCUT2D eigenvalue weighted by Gasteiger charge is -2.14. The maximum atomic E-state index is 12.4. The fourth-order valence-corrected chi connectivity index (χ4v) is 4.63. The van der Waals surface area contributed by atoms with E-state index >= 15 is 0 Å². The Morgan fingerprint density at radius 3 is 2.30 bits per heavy atom. The van der Waals surface area contributed by atoms with Gasteiger partial charge in [-0.2, -0.15) is 0 Å². The average Bonchev–Trinajstić information content (AvgIpc) is 3.22. The van der Waals surface area contributed by atoms with Gasteiger partial charge in [-0.05, 0) is 74.2 Å². The number of rotatable bonds is 9. The minimum atomic E-state index is -3.61. The lowest BCUT2D eigenvalue weighted by Crippen LogP contribution is -2.30. The van der Waals surface area contributed by atoms with Crippen molar-refractivity contribution in [3.8, 4) is 0 Å². The van der Waals surface area contributed by atoms with Crippen molar-refractivity contribution >= 4 is 15.9 Å². The predicted molar refractivity (Wildman–Crippen MR) is 119 cm³/mol. The zero-order valence-corrected chi connectivity index (χ0v) is 18.6. The van der Waals surface area contributed by atoms with Crippen LogP contribution in [0.3, 0.4) is 0 Å². The smallest absolute Gasteiger partial charge is 0.240 e. The maximum absolute atomic E-state index is 12.4. The molecule has 7 heteroatoms. The van der Waals surface area contributed by atoms with E-state index in [1.807, 2.05) is 26.0 Å². The monoisotopic (exact) mass is 429 g/mol. The number of carbonyl (C=O) groups excluding carboxylic acids is 1. The van der Waals surface area contributed by atoms with Crippen LogP contribution >= 0.6 is 0 Å². The van der Waals surface area contributed by atoms with Crippen LogP contribution in [-0.4, -0.2) is 38.9 Å². The standard InChI is InChI=1S/C23H31N3O3S/c1-18-5-10-22(15-19(18)2)30(28,29)25-12-11-23(27)24-16-20-6-8-21(9-7-20)17-26-13-3-4-14-26/h5-10,15,25H,3-4,11-14,16-17H2,1-2H3,(H,24,27). The Morgan fingerprint density at radius 2 is 1.63 bits per heavy atom. The van der Waals surface area contributed by atoms with Gasteiger partial charge in [0, 0.05) is 26.1 Å². The van der Waals surface area contributed by atoms with Gasteiger partial charge in [0.05, 0.1) is 4.90 Å². The van der Waals surface area contributed by atoms with Crippen molar-refractivity contribution in [3.63, 3.8) is 0 Å². The van der Waals surface area contributed by atoms with Gasteiger partial charge in [0.25, 0.3) is 0 Å². The van der Waals surface area contributed by atoms with Crippen LogP contribution in [-0.2, 0) is 27.9 Å². The number of aryl methyl sites for hydroxylation is 2. The van der Waals surface area contributed by atoms with Crippen LogP contribution in [0.15, 0.2) is 47.4 Å².